The standard InChI is InChI=1S/C21H26N8O4.C8H7ClF3NS/c1-4-14-17(19(33)29-21(28(14)12-13-30)23-20(24-29)25(2)3)26-8-10-27(11-9-26)18(32)16-15(31)6-5-7-22-16;1-13-7-3-2-5(4-6(7)9)14-8(10,11)12/h5-7,13,31H,4,8-12H2,1-3H3;2-4,13H,1H3. The summed E-state index contributed by atoms with van der Waals surface area (Å²) in [5, 5.41) is 17.3. The van der Waals surface area contributed by atoms with Crippen LogP contribution in [0.2, 0.25) is 5.02 Å². The van der Waals surface area contributed by atoms with Crippen molar-refractivity contribution in [1.82, 2.24) is 29.0 Å². The van der Waals surface area contributed by atoms with Crippen LogP contribution in [0.25, 0.3) is 5.78 Å². The first-order chi connectivity index (χ1) is 22.3. The maximum Gasteiger partial charge on any atom is 0.446 e. The third kappa shape index (κ3) is 8.08. The molecule has 1 amide bonds. The van der Waals surface area contributed by atoms with E-state index in [4.69, 9.17) is 11.6 Å². The number of halogens is 4. The molecular formula is C29H33ClF3N9O4S. The minimum absolute atomic E-state index is 0.00814. The van der Waals surface area contributed by atoms with Crippen LogP contribution in [0.4, 0.5) is 30.5 Å². The fourth-order valence-electron chi connectivity index (χ4n) is 4.95. The molecule has 3 aromatic heterocycles. The predicted molar refractivity (Wildman–Crippen MR) is 174 cm³/mol. The molecule has 0 atom stereocenters. The summed E-state index contributed by atoms with van der Waals surface area (Å²) >= 11 is 5.54. The Kier molecular flexibility index (Phi) is 11.2. The topological polar surface area (TPSA) is 141 Å². The summed E-state index contributed by atoms with van der Waals surface area (Å²) in [4.78, 5) is 51.4. The number of piperazine rings is 1. The van der Waals surface area contributed by atoms with Crippen molar-refractivity contribution < 1.29 is 27.9 Å². The van der Waals surface area contributed by atoms with Crippen LogP contribution in [0, 0.1) is 0 Å². The molecule has 0 spiro atoms. The molecule has 0 aliphatic carbocycles. The number of carbonyl (C=O) groups excluding carboxylic acids is 2. The molecule has 47 heavy (non-hydrogen) atoms. The van der Waals surface area contributed by atoms with Gasteiger partial charge in [-0.3, -0.25) is 9.59 Å². The highest BCUT2D eigenvalue weighted by atomic mass is 35.5. The van der Waals surface area contributed by atoms with E-state index >= 15 is 0 Å². The second-order valence-electron chi connectivity index (χ2n) is 10.3. The van der Waals surface area contributed by atoms with Crippen molar-refractivity contribution in [1.29, 1.82) is 0 Å². The number of pyridine rings is 1. The summed E-state index contributed by atoms with van der Waals surface area (Å²) in [5.41, 5.74) is -2.82. The molecule has 1 saturated heterocycles. The van der Waals surface area contributed by atoms with E-state index in [9.17, 15) is 32.7 Å². The third-order valence-corrected chi connectivity index (χ3v) is 8.16. The van der Waals surface area contributed by atoms with E-state index < -0.39 is 5.51 Å². The molecule has 0 bridgehead atoms. The number of alkyl halides is 3. The number of carbonyl (C=O) groups is 2. The summed E-state index contributed by atoms with van der Waals surface area (Å²) in [7, 11) is 5.21. The number of benzene rings is 1. The molecule has 13 nitrogen and oxygen atoms in total. The number of thioether (sulfide) groups is 1. The van der Waals surface area contributed by atoms with Gasteiger partial charge in [-0.2, -0.15) is 22.7 Å². The van der Waals surface area contributed by atoms with Gasteiger partial charge < -0.3 is 34.5 Å². The highest BCUT2D eigenvalue weighted by Crippen LogP contribution is 2.39. The molecule has 0 radical (unpaired) electrons. The summed E-state index contributed by atoms with van der Waals surface area (Å²) in [6, 6.07) is 7.15. The molecule has 18 heteroatoms. The number of amides is 1. The number of anilines is 3. The average molecular weight is 696 g/mol. The summed E-state index contributed by atoms with van der Waals surface area (Å²) in [6.07, 6.45) is 2.74. The van der Waals surface area contributed by atoms with E-state index in [1.807, 2.05) is 11.8 Å². The minimum atomic E-state index is -4.27. The molecule has 5 rings (SSSR count). The maximum atomic E-state index is 13.5. The Morgan fingerprint density at radius 3 is 2.45 bits per heavy atom. The first kappa shape index (κ1) is 35.3. The monoisotopic (exact) mass is 695 g/mol. The van der Waals surface area contributed by atoms with Gasteiger partial charge in [-0.25, -0.2) is 4.98 Å². The van der Waals surface area contributed by atoms with E-state index in [1.165, 1.54) is 35.0 Å². The van der Waals surface area contributed by atoms with Gasteiger partial charge in [-0.05, 0) is 48.5 Å². The second kappa shape index (κ2) is 14.9. The normalized spacial score (nSPS) is 13.3. The van der Waals surface area contributed by atoms with Gasteiger partial charge in [-0.15, -0.1) is 5.10 Å². The molecule has 1 aromatic carbocycles. The van der Waals surface area contributed by atoms with Gasteiger partial charge in [0, 0.05) is 58.4 Å². The van der Waals surface area contributed by atoms with Crippen molar-refractivity contribution >= 4 is 58.7 Å². The lowest BCUT2D eigenvalue weighted by Gasteiger charge is -2.36. The van der Waals surface area contributed by atoms with Crippen LogP contribution in [0.1, 0.15) is 23.1 Å². The zero-order valence-corrected chi connectivity index (χ0v) is 27.5. The van der Waals surface area contributed by atoms with Crippen molar-refractivity contribution in [2.24, 2.45) is 0 Å². The number of hydrogen-bond acceptors (Lipinski definition) is 11. The van der Waals surface area contributed by atoms with Crippen LogP contribution in [-0.2, 0) is 17.8 Å². The lowest BCUT2D eigenvalue weighted by Crippen LogP contribution is -2.51. The number of nitrogens with zero attached hydrogens (tertiary/aromatic N) is 8. The zero-order chi connectivity index (χ0) is 34.5. The molecule has 0 unspecified atom stereocenters. The largest absolute Gasteiger partial charge is 0.505 e. The average Bonchev–Trinajstić information content (AvgIpc) is 3.49. The van der Waals surface area contributed by atoms with Gasteiger partial charge in [0.05, 0.1) is 22.9 Å². The minimum Gasteiger partial charge on any atom is -0.505 e. The van der Waals surface area contributed by atoms with Gasteiger partial charge in [-0.1, -0.05) is 18.5 Å². The van der Waals surface area contributed by atoms with E-state index in [2.05, 4.69) is 20.4 Å². The Bertz CT molecular complexity index is 1810. The van der Waals surface area contributed by atoms with Crippen molar-refractivity contribution in [3.8, 4) is 5.75 Å². The second-order valence-corrected chi connectivity index (χ2v) is 11.9. The fraction of sp³-hybridized carbons (Fsp3) is 0.379. The Hall–Kier alpha value is -4.51. The molecule has 4 heterocycles. The molecule has 252 valence electrons. The maximum absolute atomic E-state index is 13.5. The molecule has 1 aliphatic rings. The summed E-state index contributed by atoms with van der Waals surface area (Å²) in [5.74, 6) is 0.167. The lowest BCUT2D eigenvalue weighted by atomic mass is 10.2. The molecular weight excluding hydrogens is 663 g/mol. The Morgan fingerprint density at radius 2 is 1.89 bits per heavy atom. The predicted octanol–water partition coefficient (Wildman–Crippen LogP) is 3.77. The molecule has 1 fully saturated rings. The van der Waals surface area contributed by atoms with Crippen molar-refractivity contribution in [2.75, 3.05) is 62.4 Å². The number of hydrogen-bond donors (Lipinski definition) is 2. The number of fused-ring (bicyclic) bond motifs is 1. The van der Waals surface area contributed by atoms with Gasteiger partial charge >= 0.3 is 5.51 Å². The molecule has 2 N–H and O–H groups in total. The highest BCUT2D eigenvalue weighted by Gasteiger charge is 2.30. The highest BCUT2D eigenvalue weighted by molar-refractivity contribution is 8.00. The van der Waals surface area contributed by atoms with E-state index in [1.54, 1.807) is 41.6 Å². The number of aldehydes is 1. The van der Waals surface area contributed by atoms with Crippen LogP contribution in [0.3, 0.4) is 0 Å². The van der Waals surface area contributed by atoms with Gasteiger partial charge in [0.1, 0.15) is 17.7 Å². The first-order valence-electron chi connectivity index (χ1n) is 14.3. The quantitative estimate of drug-likeness (QED) is 0.206. The van der Waals surface area contributed by atoms with E-state index in [0.29, 0.717) is 61.4 Å². The number of nitrogens with one attached hydrogen (secondary N) is 1. The molecule has 0 saturated carbocycles. The van der Waals surface area contributed by atoms with E-state index in [-0.39, 0.29) is 51.1 Å². The van der Waals surface area contributed by atoms with Crippen LogP contribution in [-0.4, -0.2) is 99.2 Å². The van der Waals surface area contributed by atoms with Crippen molar-refractivity contribution in [3.63, 3.8) is 0 Å². The lowest BCUT2D eigenvalue weighted by molar-refractivity contribution is -0.108. The smallest absolute Gasteiger partial charge is 0.446 e. The fourth-order valence-corrected chi connectivity index (χ4v) is 5.87. The zero-order valence-electron chi connectivity index (χ0n) is 26.0. The number of aromatic hydroxyl groups is 1. The SMILES string of the molecule is CCc1c(N2CCN(C(=O)c3ncccc3O)CC2)c(=O)n2nc(N(C)C)nc2n1CC=O.CNc1ccc(SC(F)(F)F)cc1Cl. The van der Waals surface area contributed by atoms with Gasteiger partial charge in [0.25, 0.3) is 11.5 Å². The Morgan fingerprint density at radius 1 is 1.19 bits per heavy atom. The van der Waals surface area contributed by atoms with Gasteiger partial charge in [0.15, 0.2) is 5.69 Å². The van der Waals surface area contributed by atoms with Crippen molar-refractivity contribution in [3.05, 3.63) is 63.3 Å². The Labute approximate surface area is 276 Å². The van der Waals surface area contributed by atoms with Crippen LogP contribution in [0.5, 0.6) is 5.75 Å². The molecule has 4 aromatic rings. The molecule has 1 aliphatic heterocycles. The first-order valence-corrected chi connectivity index (χ1v) is 15.5. The van der Waals surface area contributed by atoms with Crippen molar-refractivity contribution in [2.45, 2.75) is 30.3 Å². The number of rotatable bonds is 8. The Balaban J connectivity index is 0.000000300. The van der Waals surface area contributed by atoms with Gasteiger partial charge in [0.2, 0.25) is 11.7 Å². The van der Waals surface area contributed by atoms with Crippen LogP contribution < -0.4 is 20.7 Å². The summed E-state index contributed by atoms with van der Waals surface area (Å²) in [6.45, 7) is 3.48. The number of aromatic nitrogens is 5. The van der Waals surface area contributed by atoms with Crippen LogP contribution >= 0.6 is 23.4 Å². The summed E-state index contributed by atoms with van der Waals surface area (Å²) < 4.78 is 38.8. The van der Waals surface area contributed by atoms with E-state index in [0.717, 1.165) is 6.29 Å². The van der Waals surface area contributed by atoms with Crippen LogP contribution in [0.15, 0.2) is 46.2 Å². The third-order valence-electron chi connectivity index (χ3n) is 7.12.